The Bertz CT molecular complexity index is 1050. The lowest BCUT2D eigenvalue weighted by Gasteiger charge is -2.37. The van der Waals surface area contributed by atoms with E-state index in [9.17, 15) is 18.8 Å². The van der Waals surface area contributed by atoms with E-state index in [0.29, 0.717) is 42.4 Å². The fraction of sp³-hybridized carbons (Fsp3) is 0.462. The van der Waals surface area contributed by atoms with Gasteiger partial charge in [0.25, 0.3) is 5.91 Å². The van der Waals surface area contributed by atoms with Crippen LogP contribution in [0.4, 0.5) is 4.39 Å². The van der Waals surface area contributed by atoms with Crippen molar-refractivity contribution in [3.63, 3.8) is 0 Å². The highest BCUT2D eigenvalue weighted by Crippen LogP contribution is 2.23. The summed E-state index contributed by atoms with van der Waals surface area (Å²) in [6.45, 7) is 2.77. The lowest BCUT2D eigenvalue weighted by molar-refractivity contribution is -0.131. The highest BCUT2D eigenvalue weighted by Gasteiger charge is 2.29. The molecule has 0 spiro atoms. The molecular weight excluding hydrogens is 449 g/mol. The van der Waals surface area contributed by atoms with E-state index in [1.165, 1.54) is 18.3 Å². The van der Waals surface area contributed by atoms with Gasteiger partial charge < -0.3 is 20.9 Å². The van der Waals surface area contributed by atoms with Crippen molar-refractivity contribution >= 4 is 17.7 Å². The molecule has 9 heteroatoms. The summed E-state index contributed by atoms with van der Waals surface area (Å²) in [6.07, 6.45) is 5.59. The van der Waals surface area contributed by atoms with Crippen LogP contribution >= 0.6 is 0 Å². The molecule has 2 saturated heterocycles. The van der Waals surface area contributed by atoms with Crippen molar-refractivity contribution < 1.29 is 18.8 Å². The van der Waals surface area contributed by atoms with E-state index >= 15 is 0 Å². The predicted molar refractivity (Wildman–Crippen MR) is 130 cm³/mol. The van der Waals surface area contributed by atoms with Crippen LogP contribution in [0.25, 0.3) is 11.3 Å². The third-order valence-electron chi connectivity index (χ3n) is 6.93. The van der Waals surface area contributed by atoms with E-state index < -0.39 is 0 Å². The first kappa shape index (κ1) is 24.8. The number of carbonyl (C=O) groups is 3. The Kier molecular flexibility index (Phi) is 8.07. The van der Waals surface area contributed by atoms with E-state index in [1.54, 1.807) is 29.2 Å². The van der Waals surface area contributed by atoms with Crippen molar-refractivity contribution in [2.24, 2.45) is 5.73 Å². The van der Waals surface area contributed by atoms with Gasteiger partial charge in [0.15, 0.2) is 0 Å². The standard InChI is InChI=1S/C26H32FN5O3/c27-20-3-1-2-18(16-20)23-6-4-19(17-29-23)26(35)30-21-8-12-31(13-9-21)22-5-7-25(34)32(14-10-22)15-11-24(28)33/h1-4,6,16-17,21-22H,5,7-15H2,(H2,28,33)(H,30,35). The first-order valence-corrected chi connectivity index (χ1v) is 12.2. The zero-order chi connectivity index (χ0) is 24.8. The van der Waals surface area contributed by atoms with Crippen molar-refractivity contribution in [1.29, 1.82) is 0 Å². The number of nitrogens with one attached hydrogen (secondary N) is 1. The lowest BCUT2D eigenvalue weighted by Crippen LogP contribution is -2.48. The number of benzene rings is 1. The molecule has 4 rings (SSSR count). The number of aromatic nitrogens is 1. The number of halogens is 1. The summed E-state index contributed by atoms with van der Waals surface area (Å²) < 4.78 is 13.5. The molecule has 2 aliphatic heterocycles. The SMILES string of the molecule is NC(=O)CCN1CCC(N2CCC(NC(=O)c3ccc(-c4cccc(F)c4)nc3)CC2)CCC1=O. The van der Waals surface area contributed by atoms with Crippen molar-refractivity contribution in [2.45, 2.75) is 50.6 Å². The van der Waals surface area contributed by atoms with Gasteiger partial charge in [-0.15, -0.1) is 0 Å². The highest BCUT2D eigenvalue weighted by atomic mass is 19.1. The second-order valence-corrected chi connectivity index (χ2v) is 9.30. The molecule has 186 valence electrons. The van der Waals surface area contributed by atoms with Crippen LogP contribution < -0.4 is 11.1 Å². The van der Waals surface area contributed by atoms with Crippen LogP contribution in [-0.4, -0.2) is 70.8 Å². The summed E-state index contributed by atoms with van der Waals surface area (Å²) in [4.78, 5) is 44.7. The van der Waals surface area contributed by atoms with Gasteiger partial charge in [-0.1, -0.05) is 12.1 Å². The number of nitrogens with two attached hydrogens (primary N) is 1. The minimum atomic E-state index is -0.388. The summed E-state index contributed by atoms with van der Waals surface area (Å²) in [5, 5.41) is 3.11. The maximum absolute atomic E-state index is 13.5. The molecule has 2 fully saturated rings. The molecule has 3 heterocycles. The first-order chi connectivity index (χ1) is 16.9. The second kappa shape index (κ2) is 11.4. The molecule has 0 bridgehead atoms. The number of hydrogen-bond donors (Lipinski definition) is 2. The zero-order valence-electron chi connectivity index (χ0n) is 19.8. The third kappa shape index (κ3) is 6.63. The summed E-state index contributed by atoms with van der Waals surface area (Å²) in [7, 11) is 0. The van der Waals surface area contributed by atoms with Gasteiger partial charge in [-0.2, -0.15) is 0 Å². The van der Waals surface area contributed by atoms with E-state index in [4.69, 9.17) is 5.73 Å². The summed E-state index contributed by atoms with van der Waals surface area (Å²) in [5.74, 6) is -0.783. The van der Waals surface area contributed by atoms with Gasteiger partial charge >= 0.3 is 0 Å². The van der Waals surface area contributed by atoms with Crippen molar-refractivity contribution in [2.75, 3.05) is 26.2 Å². The predicted octanol–water partition coefficient (Wildman–Crippen LogP) is 2.34. The average Bonchev–Trinajstić information content (AvgIpc) is 3.04. The van der Waals surface area contributed by atoms with Crippen LogP contribution in [0.5, 0.6) is 0 Å². The number of primary amides is 1. The topological polar surface area (TPSA) is 109 Å². The van der Waals surface area contributed by atoms with Gasteiger partial charge in [-0.05, 0) is 49.9 Å². The number of hydrogen-bond acceptors (Lipinski definition) is 5. The molecule has 8 nitrogen and oxygen atoms in total. The Morgan fingerprint density at radius 1 is 1.09 bits per heavy atom. The molecule has 2 aliphatic rings. The summed E-state index contributed by atoms with van der Waals surface area (Å²) in [6, 6.07) is 10.1. The molecule has 2 aromatic rings. The maximum Gasteiger partial charge on any atom is 0.253 e. The van der Waals surface area contributed by atoms with E-state index in [1.807, 2.05) is 0 Å². The van der Waals surface area contributed by atoms with Gasteiger partial charge in [-0.3, -0.25) is 19.4 Å². The van der Waals surface area contributed by atoms with Gasteiger partial charge in [0, 0.05) is 62.9 Å². The van der Waals surface area contributed by atoms with E-state index in [0.717, 1.165) is 38.8 Å². The molecule has 0 aliphatic carbocycles. The van der Waals surface area contributed by atoms with Crippen LogP contribution in [0.1, 0.15) is 48.9 Å². The van der Waals surface area contributed by atoms with Gasteiger partial charge in [0.2, 0.25) is 11.8 Å². The van der Waals surface area contributed by atoms with Crippen LogP contribution in [0, 0.1) is 5.82 Å². The maximum atomic E-state index is 13.5. The van der Waals surface area contributed by atoms with Crippen LogP contribution in [0.2, 0.25) is 0 Å². The van der Waals surface area contributed by atoms with Crippen molar-refractivity contribution in [1.82, 2.24) is 20.1 Å². The lowest BCUT2D eigenvalue weighted by atomic mass is 9.99. The number of rotatable bonds is 7. The highest BCUT2D eigenvalue weighted by molar-refractivity contribution is 5.94. The van der Waals surface area contributed by atoms with Crippen LogP contribution in [-0.2, 0) is 9.59 Å². The number of nitrogens with zero attached hydrogens (tertiary/aromatic N) is 3. The van der Waals surface area contributed by atoms with Gasteiger partial charge in [0.05, 0.1) is 11.3 Å². The summed E-state index contributed by atoms with van der Waals surface area (Å²) in [5.41, 5.74) is 6.99. The van der Waals surface area contributed by atoms with Gasteiger partial charge in [0.1, 0.15) is 5.82 Å². The number of piperidine rings is 1. The fourth-order valence-corrected chi connectivity index (χ4v) is 4.89. The number of pyridine rings is 1. The molecule has 1 aromatic heterocycles. The molecule has 3 amide bonds. The molecule has 3 N–H and O–H groups in total. The van der Waals surface area contributed by atoms with Gasteiger partial charge in [-0.25, -0.2) is 4.39 Å². The zero-order valence-corrected chi connectivity index (χ0v) is 19.8. The number of amides is 3. The molecule has 35 heavy (non-hydrogen) atoms. The minimum Gasteiger partial charge on any atom is -0.370 e. The Labute approximate surface area is 204 Å². The Morgan fingerprint density at radius 3 is 2.57 bits per heavy atom. The van der Waals surface area contributed by atoms with Crippen molar-refractivity contribution in [3.8, 4) is 11.3 Å². The van der Waals surface area contributed by atoms with Crippen LogP contribution in [0.3, 0.4) is 0 Å². The first-order valence-electron chi connectivity index (χ1n) is 12.2. The number of carbonyl (C=O) groups excluding carboxylic acids is 3. The average molecular weight is 482 g/mol. The minimum absolute atomic E-state index is 0.0844. The van der Waals surface area contributed by atoms with E-state index in [-0.39, 0.29) is 36.0 Å². The molecule has 1 unspecified atom stereocenters. The Hall–Kier alpha value is -3.33. The fourth-order valence-electron chi connectivity index (χ4n) is 4.89. The number of likely N-dealkylation sites (tertiary alicyclic amines) is 2. The largest absolute Gasteiger partial charge is 0.370 e. The molecular formula is C26H32FN5O3. The molecule has 1 atom stereocenters. The third-order valence-corrected chi connectivity index (χ3v) is 6.93. The monoisotopic (exact) mass is 481 g/mol. The molecule has 0 saturated carbocycles. The summed E-state index contributed by atoms with van der Waals surface area (Å²) >= 11 is 0. The van der Waals surface area contributed by atoms with Crippen molar-refractivity contribution in [3.05, 3.63) is 54.0 Å². The smallest absolute Gasteiger partial charge is 0.253 e. The Balaban J connectivity index is 1.25. The van der Waals surface area contributed by atoms with E-state index in [2.05, 4.69) is 15.2 Å². The normalized spacial score (nSPS) is 19.9. The van der Waals surface area contributed by atoms with Crippen LogP contribution in [0.15, 0.2) is 42.6 Å². The Morgan fingerprint density at radius 2 is 1.89 bits per heavy atom. The molecule has 1 aromatic carbocycles. The molecule has 0 radical (unpaired) electrons. The second-order valence-electron chi connectivity index (χ2n) is 9.30. The quantitative estimate of drug-likeness (QED) is 0.631.